The van der Waals surface area contributed by atoms with E-state index in [4.69, 9.17) is 0 Å². The third kappa shape index (κ3) is 4.03. The third-order valence-corrected chi connectivity index (χ3v) is 2.31. The molecule has 18 heavy (non-hydrogen) atoms. The quantitative estimate of drug-likeness (QED) is 0.473. The Balaban J connectivity index is 3.19. The maximum Gasteiger partial charge on any atom is 0.134 e. The van der Waals surface area contributed by atoms with E-state index in [1.807, 2.05) is 19.9 Å². The Morgan fingerprint density at radius 1 is 1.28 bits per heavy atom. The van der Waals surface area contributed by atoms with Crippen molar-refractivity contribution in [3.8, 4) is 23.3 Å². The van der Waals surface area contributed by atoms with Crippen LogP contribution in [-0.4, -0.2) is 10.2 Å². The Kier molecular flexibility index (Phi) is 4.62. The van der Waals surface area contributed by atoms with Crippen LogP contribution in [0, 0.1) is 11.8 Å². The molecule has 2 N–H and O–H groups in total. The maximum absolute atomic E-state index is 10.1. The van der Waals surface area contributed by atoms with Gasteiger partial charge in [0.1, 0.15) is 11.5 Å². The predicted molar refractivity (Wildman–Crippen MR) is 74.6 cm³/mol. The van der Waals surface area contributed by atoms with E-state index >= 15 is 0 Å². The van der Waals surface area contributed by atoms with Gasteiger partial charge in [-0.25, -0.2) is 0 Å². The van der Waals surface area contributed by atoms with Crippen LogP contribution in [0.1, 0.15) is 31.9 Å². The van der Waals surface area contributed by atoms with Crippen LogP contribution in [0.4, 0.5) is 0 Å². The minimum atomic E-state index is 0.107. The highest BCUT2D eigenvalue weighted by molar-refractivity contribution is 5.55. The fraction of sp³-hybridized carbons (Fsp3) is 0.250. The lowest BCUT2D eigenvalue weighted by Gasteiger charge is -2.06. The summed E-state index contributed by atoms with van der Waals surface area (Å²) in [5, 5.41) is 19.7. The highest BCUT2D eigenvalue weighted by Crippen LogP contribution is 2.28. The number of allylic oxidation sites excluding steroid dienone is 3. The molecule has 1 aromatic rings. The molecule has 0 bridgehead atoms. The fourth-order valence-corrected chi connectivity index (χ4v) is 1.42. The number of benzene rings is 1. The van der Waals surface area contributed by atoms with Crippen LogP contribution < -0.4 is 0 Å². The summed E-state index contributed by atoms with van der Waals surface area (Å²) in [6.07, 6.45) is 2.56. The number of hydrogen-bond donors (Lipinski definition) is 2. The third-order valence-electron chi connectivity index (χ3n) is 2.31. The topological polar surface area (TPSA) is 40.5 Å². The minimum Gasteiger partial charge on any atom is -0.508 e. The molecule has 1 rings (SSSR count). The highest BCUT2D eigenvalue weighted by Gasteiger charge is 2.07. The van der Waals surface area contributed by atoms with Gasteiger partial charge in [0, 0.05) is 5.56 Å². The average molecular weight is 242 g/mol. The van der Waals surface area contributed by atoms with E-state index in [9.17, 15) is 10.2 Å². The van der Waals surface area contributed by atoms with Gasteiger partial charge < -0.3 is 10.2 Å². The van der Waals surface area contributed by atoms with Crippen LogP contribution in [-0.2, 0) is 6.42 Å². The summed E-state index contributed by atoms with van der Waals surface area (Å²) in [4.78, 5) is 0. The lowest BCUT2D eigenvalue weighted by Crippen LogP contribution is -1.88. The van der Waals surface area contributed by atoms with Gasteiger partial charge in [-0.1, -0.05) is 30.1 Å². The molecular weight excluding hydrogens is 224 g/mol. The predicted octanol–water partition coefficient (Wildman–Crippen LogP) is 3.53. The molecule has 94 valence electrons. The van der Waals surface area contributed by atoms with Crippen molar-refractivity contribution in [2.45, 2.75) is 27.2 Å². The first kappa shape index (κ1) is 13.9. The lowest BCUT2D eigenvalue weighted by molar-refractivity contribution is 0.454. The molecular formula is C16H18O2. The molecule has 0 amide bonds. The molecule has 0 heterocycles. The van der Waals surface area contributed by atoms with Crippen molar-refractivity contribution in [3.63, 3.8) is 0 Å². The molecule has 0 aromatic heterocycles. The van der Waals surface area contributed by atoms with E-state index in [-0.39, 0.29) is 11.5 Å². The molecule has 0 atom stereocenters. The van der Waals surface area contributed by atoms with Gasteiger partial charge >= 0.3 is 0 Å². The zero-order valence-electron chi connectivity index (χ0n) is 11.0. The summed E-state index contributed by atoms with van der Waals surface area (Å²) in [6, 6.07) is 3.01. The van der Waals surface area contributed by atoms with Gasteiger partial charge in [-0.05, 0) is 44.9 Å². The Morgan fingerprint density at radius 3 is 2.50 bits per heavy atom. The monoisotopic (exact) mass is 242 g/mol. The normalized spacial score (nSPS) is 9.28. The van der Waals surface area contributed by atoms with Crippen molar-refractivity contribution >= 4 is 0 Å². The largest absolute Gasteiger partial charge is 0.508 e. The summed E-state index contributed by atoms with van der Waals surface area (Å²) in [5.41, 5.74) is 2.97. The summed E-state index contributed by atoms with van der Waals surface area (Å²) in [7, 11) is 0. The van der Waals surface area contributed by atoms with Crippen molar-refractivity contribution in [2.24, 2.45) is 0 Å². The number of aromatic hydroxyl groups is 2. The van der Waals surface area contributed by atoms with Crippen LogP contribution in [0.3, 0.4) is 0 Å². The summed E-state index contributed by atoms with van der Waals surface area (Å²) >= 11 is 0. The van der Waals surface area contributed by atoms with Gasteiger partial charge in [0.15, 0.2) is 0 Å². The number of phenols is 2. The van der Waals surface area contributed by atoms with Crippen LogP contribution in [0.5, 0.6) is 11.5 Å². The van der Waals surface area contributed by atoms with Gasteiger partial charge in [-0.15, -0.1) is 0 Å². The smallest absolute Gasteiger partial charge is 0.134 e. The molecule has 0 aliphatic rings. The van der Waals surface area contributed by atoms with Crippen LogP contribution in [0.25, 0.3) is 0 Å². The van der Waals surface area contributed by atoms with E-state index < -0.39 is 0 Å². The number of hydrogen-bond acceptors (Lipinski definition) is 2. The number of rotatable bonds is 2. The average Bonchev–Trinajstić information content (AvgIpc) is 2.27. The summed E-state index contributed by atoms with van der Waals surface area (Å²) in [5.74, 6) is 5.82. The second-order valence-electron chi connectivity index (χ2n) is 4.52. The Bertz CT molecular complexity index is 550. The first-order valence-electron chi connectivity index (χ1n) is 5.76. The first-order chi connectivity index (χ1) is 8.40. The molecule has 2 nitrogen and oxygen atoms in total. The van der Waals surface area contributed by atoms with Crippen LogP contribution >= 0.6 is 0 Å². The van der Waals surface area contributed by atoms with Crippen molar-refractivity contribution in [1.29, 1.82) is 0 Å². The van der Waals surface area contributed by atoms with Gasteiger partial charge in [-0.3, -0.25) is 0 Å². The minimum absolute atomic E-state index is 0.107. The van der Waals surface area contributed by atoms with Gasteiger partial charge in [0.05, 0.1) is 5.56 Å². The summed E-state index contributed by atoms with van der Waals surface area (Å²) < 4.78 is 0. The first-order valence-corrected chi connectivity index (χ1v) is 5.76. The van der Waals surface area contributed by atoms with Gasteiger partial charge in [0.2, 0.25) is 0 Å². The van der Waals surface area contributed by atoms with Crippen molar-refractivity contribution in [3.05, 3.63) is 47.1 Å². The molecule has 0 unspecified atom stereocenters. The van der Waals surface area contributed by atoms with Crippen LogP contribution in [0.15, 0.2) is 35.9 Å². The van der Waals surface area contributed by atoms with Gasteiger partial charge in [-0.2, -0.15) is 0 Å². The van der Waals surface area contributed by atoms with E-state index in [1.165, 1.54) is 6.07 Å². The summed E-state index contributed by atoms with van der Waals surface area (Å²) in [6.45, 7) is 9.44. The Hall–Kier alpha value is -2.14. The van der Waals surface area contributed by atoms with Crippen molar-refractivity contribution in [2.75, 3.05) is 0 Å². The molecule has 0 fully saturated rings. The molecule has 2 heteroatoms. The maximum atomic E-state index is 10.1. The molecule has 0 saturated heterocycles. The molecule has 0 aliphatic carbocycles. The second-order valence-corrected chi connectivity index (χ2v) is 4.52. The lowest BCUT2D eigenvalue weighted by atomic mass is 10.0. The zero-order chi connectivity index (χ0) is 13.7. The molecule has 0 radical (unpaired) electrons. The highest BCUT2D eigenvalue weighted by atomic mass is 16.3. The SMILES string of the molecule is C=C(C)C#Cc1cc(O)cc(CC=C(C)C)c1O. The van der Waals surface area contributed by atoms with E-state index in [0.29, 0.717) is 23.1 Å². The molecule has 0 saturated carbocycles. The van der Waals surface area contributed by atoms with Gasteiger partial charge in [0.25, 0.3) is 0 Å². The molecule has 0 spiro atoms. The Labute approximate surface area is 108 Å². The van der Waals surface area contributed by atoms with E-state index in [0.717, 1.165) is 5.57 Å². The molecule has 1 aromatic carbocycles. The van der Waals surface area contributed by atoms with E-state index in [2.05, 4.69) is 18.4 Å². The number of phenolic OH excluding ortho intramolecular Hbond substituents is 2. The fourth-order valence-electron chi connectivity index (χ4n) is 1.42. The van der Waals surface area contributed by atoms with Crippen molar-refractivity contribution < 1.29 is 10.2 Å². The second kappa shape index (κ2) is 5.97. The zero-order valence-corrected chi connectivity index (χ0v) is 11.0. The Morgan fingerprint density at radius 2 is 1.94 bits per heavy atom. The van der Waals surface area contributed by atoms with E-state index in [1.54, 1.807) is 13.0 Å². The van der Waals surface area contributed by atoms with Crippen molar-refractivity contribution in [1.82, 2.24) is 0 Å². The molecule has 0 aliphatic heterocycles. The standard InChI is InChI=1S/C16H18O2/c1-11(2)5-7-13-9-15(17)10-14(16(13)18)8-6-12(3)4/h6,9-10,17-18H,1,8H2,2-4H3. The van der Waals surface area contributed by atoms with Crippen LogP contribution in [0.2, 0.25) is 0 Å².